The molecule has 3 aromatic rings. The Kier molecular flexibility index (Phi) is 5.24. The number of hydrogen-bond acceptors (Lipinski definition) is 5. The molecule has 3 heterocycles. The molecule has 0 unspecified atom stereocenters. The van der Waals surface area contributed by atoms with E-state index >= 15 is 0 Å². The van der Waals surface area contributed by atoms with E-state index in [-0.39, 0.29) is 5.91 Å². The second kappa shape index (κ2) is 7.80. The summed E-state index contributed by atoms with van der Waals surface area (Å²) in [6.45, 7) is 8.29. The van der Waals surface area contributed by atoms with Crippen LogP contribution in [-0.4, -0.2) is 47.1 Å². The molecule has 1 aliphatic heterocycles. The van der Waals surface area contributed by atoms with Gasteiger partial charge in [0.2, 0.25) is 5.91 Å². The highest BCUT2D eigenvalue weighted by Crippen LogP contribution is 2.24. The van der Waals surface area contributed by atoms with E-state index in [4.69, 9.17) is 4.74 Å². The highest BCUT2D eigenvalue weighted by molar-refractivity contribution is 7.13. The Bertz CT molecular complexity index is 956. The highest BCUT2D eigenvalue weighted by atomic mass is 32.1. The van der Waals surface area contributed by atoms with Gasteiger partial charge >= 0.3 is 0 Å². The Morgan fingerprint density at radius 2 is 2.15 bits per heavy atom. The fraction of sp³-hybridized carbons (Fsp3) is 0.400. The van der Waals surface area contributed by atoms with E-state index in [1.165, 1.54) is 16.9 Å². The second-order valence-electron chi connectivity index (χ2n) is 7.04. The first kappa shape index (κ1) is 18.2. The molecule has 2 aromatic heterocycles. The van der Waals surface area contributed by atoms with Crippen LogP contribution in [0.5, 0.6) is 0 Å². The maximum absolute atomic E-state index is 12.6. The van der Waals surface area contributed by atoms with Gasteiger partial charge in [-0.2, -0.15) is 0 Å². The van der Waals surface area contributed by atoms with E-state index in [1.54, 1.807) is 0 Å². The van der Waals surface area contributed by atoms with Gasteiger partial charge < -0.3 is 15.0 Å². The van der Waals surface area contributed by atoms with Crippen molar-refractivity contribution in [3.05, 3.63) is 46.1 Å². The summed E-state index contributed by atoms with van der Waals surface area (Å²) in [5.41, 5.74) is 5.35. The van der Waals surface area contributed by atoms with E-state index in [0.29, 0.717) is 11.6 Å². The van der Waals surface area contributed by atoms with E-state index < -0.39 is 0 Å². The second-order valence-corrected chi connectivity index (χ2v) is 7.89. The molecule has 0 saturated carbocycles. The summed E-state index contributed by atoms with van der Waals surface area (Å²) in [7, 11) is 0. The summed E-state index contributed by atoms with van der Waals surface area (Å²) in [6.07, 6.45) is 0.341. The van der Waals surface area contributed by atoms with Crippen LogP contribution in [0, 0.1) is 13.8 Å². The Hall–Kier alpha value is -2.22. The Balaban J connectivity index is 1.41. The van der Waals surface area contributed by atoms with Gasteiger partial charge in [-0.3, -0.25) is 9.69 Å². The van der Waals surface area contributed by atoms with Gasteiger partial charge in [0.25, 0.3) is 0 Å². The number of carbonyl (C=O) groups excluding carboxylic acids is 1. The normalized spacial score (nSPS) is 15.3. The van der Waals surface area contributed by atoms with Gasteiger partial charge in [-0.25, -0.2) is 4.98 Å². The number of ether oxygens (including phenoxy) is 1. The minimum Gasteiger partial charge on any atom is -0.379 e. The van der Waals surface area contributed by atoms with Crippen LogP contribution >= 0.6 is 11.3 Å². The number of nitrogens with one attached hydrogen (secondary N) is 2. The van der Waals surface area contributed by atoms with E-state index in [1.807, 2.05) is 12.3 Å². The summed E-state index contributed by atoms with van der Waals surface area (Å²) in [6, 6.07) is 6.27. The minimum absolute atomic E-state index is 0.0345. The van der Waals surface area contributed by atoms with Crippen LogP contribution in [0.15, 0.2) is 23.6 Å². The summed E-state index contributed by atoms with van der Waals surface area (Å²) in [5.74, 6) is -0.0345. The van der Waals surface area contributed by atoms with Crippen molar-refractivity contribution >= 4 is 33.3 Å². The third-order valence-corrected chi connectivity index (χ3v) is 5.71. The lowest BCUT2D eigenvalue weighted by Crippen LogP contribution is -2.35. The highest BCUT2D eigenvalue weighted by Gasteiger charge is 2.16. The van der Waals surface area contributed by atoms with Gasteiger partial charge in [0, 0.05) is 41.6 Å². The monoisotopic (exact) mass is 384 g/mol. The van der Waals surface area contributed by atoms with Crippen LogP contribution in [0.4, 0.5) is 5.13 Å². The molecule has 1 aliphatic rings. The van der Waals surface area contributed by atoms with Crippen molar-refractivity contribution in [3.8, 4) is 0 Å². The molecule has 1 fully saturated rings. The largest absolute Gasteiger partial charge is 0.379 e. The molecule has 0 atom stereocenters. The van der Waals surface area contributed by atoms with Crippen LogP contribution in [0.1, 0.15) is 22.5 Å². The van der Waals surface area contributed by atoms with Crippen LogP contribution in [0.3, 0.4) is 0 Å². The average molecular weight is 385 g/mol. The molecule has 142 valence electrons. The lowest BCUT2D eigenvalue weighted by molar-refractivity contribution is -0.115. The number of H-pyrrole nitrogens is 1. The quantitative estimate of drug-likeness (QED) is 0.708. The maximum Gasteiger partial charge on any atom is 0.230 e. The number of hydrogen-bond donors (Lipinski definition) is 2. The molecule has 1 saturated heterocycles. The lowest BCUT2D eigenvalue weighted by Gasteiger charge is -2.25. The summed E-state index contributed by atoms with van der Waals surface area (Å²) in [4.78, 5) is 22.8. The van der Waals surface area contributed by atoms with Crippen molar-refractivity contribution in [2.45, 2.75) is 26.8 Å². The summed E-state index contributed by atoms with van der Waals surface area (Å²) < 4.78 is 5.37. The Morgan fingerprint density at radius 3 is 2.96 bits per heavy atom. The van der Waals surface area contributed by atoms with Crippen LogP contribution in [0.25, 0.3) is 10.9 Å². The molecule has 0 bridgehead atoms. The molecule has 0 aliphatic carbocycles. The molecule has 1 aromatic carbocycles. The third-order valence-electron chi connectivity index (χ3n) is 4.90. The fourth-order valence-electron chi connectivity index (χ4n) is 3.47. The molecule has 0 spiro atoms. The average Bonchev–Trinajstić information content (AvgIpc) is 3.20. The molecule has 4 rings (SSSR count). The number of morpholine rings is 1. The zero-order valence-corrected chi connectivity index (χ0v) is 16.5. The number of aromatic amines is 1. The predicted octanol–water partition coefficient (Wildman–Crippen LogP) is 3.25. The van der Waals surface area contributed by atoms with Crippen molar-refractivity contribution in [2.24, 2.45) is 0 Å². The number of carbonyl (C=O) groups is 1. The third kappa shape index (κ3) is 4.21. The van der Waals surface area contributed by atoms with Crippen LogP contribution < -0.4 is 5.32 Å². The van der Waals surface area contributed by atoms with E-state index in [9.17, 15) is 4.79 Å². The van der Waals surface area contributed by atoms with Gasteiger partial charge in [-0.15, -0.1) is 11.3 Å². The molecule has 27 heavy (non-hydrogen) atoms. The molecule has 1 amide bonds. The number of aromatic nitrogens is 2. The lowest BCUT2D eigenvalue weighted by atomic mass is 10.1. The van der Waals surface area contributed by atoms with Crippen LogP contribution in [-0.2, 0) is 22.5 Å². The van der Waals surface area contributed by atoms with Crippen molar-refractivity contribution in [3.63, 3.8) is 0 Å². The number of aryl methyl sites for hydroxylation is 2. The molecule has 2 N–H and O–H groups in total. The number of thiazole rings is 1. The zero-order valence-electron chi connectivity index (χ0n) is 15.7. The number of fused-ring (bicyclic) bond motifs is 1. The van der Waals surface area contributed by atoms with Crippen molar-refractivity contribution in [1.29, 1.82) is 0 Å². The molecule has 6 nitrogen and oxygen atoms in total. The topological polar surface area (TPSA) is 70.2 Å². The minimum atomic E-state index is -0.0345. The van der Waals surface area contributed by atoms with Crippen molar-refractivity contribution < 1.29 is 9.53 Å². The van der Waals surface area contributed by atoms with Gasteiger partial charge in [0.15, 0.2) is 5.13 Å². The van der Waals surface area contributed by atoms with Gasteiger partial charge in [-0.05, 0) is 31.5 Å². The van der Waals surface area contributed by atoms with Crippen molar-refractivity contribution in [2.75, 3.05) is 31.6 Å². The van der Waals surface area contributed by atoms with Gasteiger partial charge in [0.1, 0.15) is 0 Å². The van der Waals surface area contributed by atoms with Gasteiger partial charge in [0.05, 0.1) is 25.3 Å². The van der Waals surface area contributed by atoms with Crippen LogP contribution in [0.2, 0.25) is 0 Å². The Labute approximate surface area is 162 Å². The van der Waals surface area contributed by atoms with E-state index in [0.717, 1.165) is 60.7 Å². The molecular weight excluding hydrogens is 360 g/mol. The SMILES string of the molecule is Cc1ccc2[nH]c(C)c(CC(=O)Nc3nc(CN4CCOCC4)cs3)c2c1. The maximum atomic E-state index is 12.6. The Morgan fingerprint density at radius 1 is 1.33 bits per heavy atom. The first-order chi connectivity index (χ1) is 13.1. The number of amides is 1. The number of benzene rings is 1. The first-order valence-corrected chi connectivity index (χ1v) is 10.1. The number of anilines is 1. The predicted molar refractivity (Wildman–Crippen MR) is 108 cm³/mol. The van der Waals surface area contributed by atoms with E-state index in [2.05, 4.69) is 45.3 Å². The summed E-state index contributed by atoms with van der Waals surface area (Å²) >= 11 is 1.48. The summed E-state index contributed by atoms with van der Waals surface area (Å²) in [5, 5.41) is 6.76. The smallest absolute Gasteiger partial charge is 0.230 e. The standard InChI is InChI=1S/C20H24N4O2S/c1-13-3-4-18-17(9-13)16(14(2)21-18)10-19(25)23-20-22-15(12-27-20)11-24-5-7-26-8-6-24/h3-4,9,12,21H,5-8,10-11H2,1-2H3,(H,22,23,25). The molecule has 0 radical (unpaired) electrons. The first-order valence-electron chi connectivity index (χ1n) is 9.20. The molecule has 7 heteroatoms. The zero-order chi connectivity index (χ0) is 18.8. The molecular formula is C20H24N4O2S. The van der Waals surface area contributed by atoms with Gasteiger partial charge in [-0.1, -0.05) is 11.6 Å². The fourth-order valence-corrected chi connectivity index (χ4v) is 4.19. The number of rotatable bonds is 5. The van der Waals surface area contributed by atoms with Crippen molar-refractivity contribution in [1.82, 2.24) is 14.9 Å². The number of nitrogens with zero attached hydrogens (tertiary/aromatic N) is 2.